The first-order chi connectivity index (χ1) is 16.2. The number of benzene rings is 1. The Morgan fingerprint density at radius 3 is 2.59 bits per heavy atom. The molecule has 34 heavy (non-hydrogen) atoms. The summed E-state index contributed by atoms with van der Waals surface area (Å²) in [5.74, 6) is 0.986. The number of piperidine rings is 1. The summed E-state index contributed by atoms with van der Waals surface area (Å²) < 4.78 is 52.9. The summed E-state index contributed by atoms with van der Waals surface area (Å²) in [7, 11) is -0.887. The lowest BCUT2D eigenvalue weighted by Crippen LogP contribution is -2.42. The van der Waals surface area contributed by atoms with E-state index in [0.29, 0.717) is 48.7 Å². The van der Waals surface area contributed by atoms with Crippen molar-refractivity contribution in [2.75, 3.05) is 29.6 Å². The summed E-state index contributed by atoms with van der Waals surface area (Å²) in [5, 5.41) is 18.3. The van der Waals surface area contributed by atoms with Crippen LogP contribution in [0.1, 0.15) is 31.2 Å². The molecule has 1 unspecified atom stereocenters. The minimum Gasteiger partial charge on any atom is -0.393 e. The summed E-state index contributed by atoms with van der Waals surface area (Å²) in [6, 6.07) is 5.05. The summed E-state index contributed by atoms with van der Waals surface area (Å²) in [6.07, 6.45) is 1.11. The van der Waals surface area contributed by atoms with Gasteiger partial charge < -0.3 is 15.3 Å². The van der Waals surface area contributed by atoms with Gasteiger partial charge >= 0.3 is 6.18 Å². The lowest BCUT2D eigenvalue weighted by molar-refractivity contribution is -0.137. The summed E-state index contributed by atoms with van der Waals surface area (Å²) >= 11 is 0. The number of hydrogen-bond acceptors (Lipinski definition) is 7. The van der Waals surface area contributed by atoms with Crippen molar-refractivity contribution in [3.05, 3.63) is 36.0 Å². The number of aliphatic hydroxyl groups excluding tert-OH is 1. The number of aromatic nitrogens is 4. The van der Waals surface area contributed by atoms with Gasteiger partial charge in [0.1, 0.15) is 5.82 Å². The van der Waals surface area contributed by atoms with Gasteiger partial charge in [0.25, 0.3) is 0 Å². The van der Waals surface area contributed by atoms with Gasteiger partial charge in [0, 0.05) is 41.4 Å². The quantitative estimate of drug-likeness (QED) is 0.563. The zero-order chi connectivity index (χ0) is 24.0. The summed E-state index contributed by atoms with van der Waals surface area (Å²) in [6.45, 7) is 1.20. The van der Waals surface area contributed by atoms with E-state index in [1.165, 1.54) is 10.7 Å². The predicted molar refractivity (Wildman–Crippen MR) is 124 cm³/mol. The van der Waals surface area contributed by atoms with Crippen LogP contribution >= 0.6 is 0 Å². The van der Waals surface area contributed by atoms with E-state index in [4.69, 9.17) is 4.98 Å². The number of hydrogen-bond donors (Lipinski definition) is 2. The molecule has 1 aromatic carbocycles. The van der Waals surface area contributed by atoms with E-state index < -0.39 is 22.5 Å². The molecule has 8 nitrogen and oxygen atoms in total. The molecular formula is C22H25F3N6O2S. The van der Waals surface area contributed by atoms with E-state index in [1.54, 1.807) is 18.5 Å². The second-order valence-electron chi connectivity index (χ2n) is 8.86. The number of halogens is 3. The molecule has 5 rings (SSSR count). The van der Waals surface area contributed by atoms with Gasteiger partial charge in [-0.25, -0.2) is 4.68 Å². The highest BCUT2D eigenvalue weighted by atomic mass is 32.2. The SMILES string of the molecule is CS(=O)C1CC(Nc2nc(N3CCC(O)CC3)c3cnn(-c4cccc(C(F)(F)F)c4)c3n2)C1. The van der Waals surface area contributed by atoms with Crippen LogP contribution < -0.4 is 10.2 Å². The lowest BCUT2D eigenvalue weighted by Gasteiger charge is -2.35. The molecule has 2 aromatic heterocycles. The molecule has 1 aliphatic heterocycles. The molecule has 2 fully saturated rings. The van der Waals surface area contributed by atoms with Crippen molar-refractivity contribution >= 4 is 33.6 Å². The van der Waals surface area contributed by atoms with Gasteiger partial charge in [-0.15, -0.1) is 0 Å². The van der Waals surface area contributed by atoms with Crippen molar-refractivity contribution in [2.24, 2.45) is 0 Å². The Labute approximate surface area is 196 Å². The molecule has 0 amide bonds. The van der Waals surface area contributed by atoms with Crippen molar-refractivity contribution in [1.29, 1.82) is 0 Å². The van der Waals surface area contributed by atoms with Crippen LogP contribution in [0.25, 0.3) is 16.7 Å². The average Bonchev–Trinajstić information content (AvgIpc) is 3.19. The second kappa shape index (κ2) is 8.81. The highest BCUT2D eigenvalue weighted by molar-refractivity contribution is 7.85. The number of rotatable bonds is 5. The monoisotopic (exact) mass is 494 g/mol. The number of nitrogens with zero attached hydrogens (tertiary/aromatic N) is 5. The lowest BCUT2D eigenvalue weighted by atomic mass is 9.92. The van der Waals surface area contributed by atoms with Gasteiger partial charge in [0.05, 0.1) is 28.9 Å². The highest BCUT2D eigenvalue weighted by Crippen LogP contribution is 2.34. The summed E-state index contributed by atoms with van der Waals surface area (Å²) in [5.41, 5.74) is -0.119. The van der Waals surface area contributed by atoms with Gasteiger partial charge in [0.15, 0.2) is 5.65 Å². The third kappa shape index (κ3) is 4.48. The van der Waals surface area contributed by atoms with E-state index in [-0.39, 0.29) is 23.1 Å². The molecule has 12 heteroatoms. The van der Waals surface area contributed by atoms with Crippen LogP contribution in [-0.4, -0.2) is 65.8 Å². The molecule has 2 aliphatic rings. The third-order valence-corrected chi connectivity index (χ3v) is 7.81. The van der Waals surface area contributed by atoms with Crippen LogP contribution in [0, 0.1) is 0 Å². The Morgan fingerprint density at radius 2 is 1.91 bits per heavy atom. The van der Waals surface area contributed by atoms with E-state index in [0.717, 1.165) is 25.0 Å². The Balaban J connectivity index is 1.55. The van der Waals surface area contributed by atoms with Crippen LogP contribution in [-0.2, 0) is 17.0 Å². The maximum Gasteiger partial charge on any atom is 0.416 e. The van der Waals surface area contributed by atoms with Gasteiger partial charge in [0.2, 0.25) is 5.95 Å². The maximum absolute atomic E-state index is 13.3. The molecule has 2 N–H and O–H groups in total. The molecule has 1 aliphatic carbocycles. The first-order valence-corrected chi connectivity index (χ1v) is 12.8. The topological polar surface area (TPSA) is 96.2 Å². The number of alkyl halides is 3. The number of nitrogens with one attached hydrogen (secondary N) is 1. The van der Waals surface area contributed by atoms with E-state index in [2.05, 4.69) is 15.4 Å². The van der Waals surface area contributed by atoms with Crippen LogP contribution in [0.4, 0.5) is 24.9 Å². The smallest absolute Gasteiger partial charge is 0.393 e. The fourth-order valence-electron chi connectivity index (χ4n) is 4.42. The molecule has 3 heterocycles. The van der Waals surface area contributed by atoms with Gasteiger partial charge in [-0.3, -0.25) is 4.21 Å². The molecule has 0 radical (unpaired) electrons. The Hall–Kier alpha value is -2.73. The zero-order valence-electron chi connectivity index (χ0n) is 18.5. The molecular weight excluding hydrogens is 469 g/mol. The molecule has 3 aromatic rings. The summed E-state index contributed by atoms with van der Waals surface area (Å²) in [4.78, 5) is 11.4. The highest BCUT2D eigenvalue weighted by Gasteiger charge is 2.33. The van der Waals surface area contributed by atoms with Crippen LogP contribution in [0.3, 0.4) is 0 Å². The van der Waals surface area contributed by atoms with Gasteiger partial charge in [-0.05, 0) is 43.9 Å². The van der Waals surface area contributed by atoms with Crippen molar-refractivity contribution in [3.63, 3.8) is 0 Å². The first-order valence-electron chi connectivity index (χ1n) is 11.1. The van der Waals surface area contributed by atoms with E-state index in [1.807, 2.05) is 4.90 Å². The van der Waals surface area contributed by atoms with E-state index in [9.17, 15) is 22.5 Å². The van der Waals surface area contributed by atoms with Gasteiger partial charge in [-0.2, -0.15) is 28.2 Å². The van der Waals surface area contributed by atoms with Crippen LogP contribution in [0.2, 0.25) is 0 Å². The van der Waals surface area contributed by atoms with Gasteiger partial charge in [-0.1, -0.05) is 6.07 Å². The molecule has 182 valence electrons. The third-order valence-electron chi connectivity index (χ3n) is 6.49. The number of anilines is 2. The van der Waals surface area contributed by atoms with Crippen LogP contribution in [0.15, 0.2) is 30.5 Å². The Morgan fingerprint density at radius 1 is 1.18 bits per heavy atom. The fraction of sp³-hybridized carbons (Fsp3) is 0.500. The van der Waals surface area contributed by atoms with E-state index >= 15 is 0 Å². The molecule has 0 spiro atoms. The minimum atomic E-state index is -4.47. The fourth-order valence-corrected chi connectivity index (χ4v) is 5.42. The normalized spacial score (nSPS) is 22.6. The van der Waals surface area contributed by atoms with Crippen molar-refractivity contribution < 1.29 is 22.5 Å². The minimum absolute atomic E-state index is 0.0762. The second-order valence-corrected chi connectivity index (χ2v) is 10.5. The molecule has 1 atom stereocenters. The number of fused-ring (bicyclic) bond motifs is 1. The Kier molecular flexibility index (Phi) is 5.96. The van der Waals surface area contributed by atoms with Crippen molar-refractivity contribution in [2.45, 2.75) is 49.3 Å². The Bertz CT molecular complexity index is 1220. The maximum atomic E-state index is 13.3. The molecule has 1 saturated heterocycles. The van der Waals surface area contributed by atoms with Crippen molar-refractivity contribution in [3.8, 4) is 5.69 Å². The molecule has 0 bridgehead atoms. The predicted octanol–water partition coefficient (Wildman–Crippen LogP) is 3.12. The van der Waals surface area contributed by atoms with Crippen LogP contribution in [0.5, 0.6) is 0 Å². The molecule has 1 saturated carbocycles. The standard InChI is InChI=1S/C22H25F3N6O2S/c1-34(33)17-10-14(11-17)27-21-28-19(30-7-5-16(32)6-8-30)18-12-26-31(20(18)29-21)15-4-2-3-13(9-15)22(23,24)25/h2-4,9,12,14,16-17,32H,5-8,10-11H2,1H3,(H,27,28,29). The van der Waals surface area contributed by atoms with Crippen molar-refractivity contribution in [1.82, 2.24) is 19.7 Å². The largest absolute Gasteiger partial charge is 0.416 e. The first kappa shape index (κ1) is 23.0. The average molecular weight is 495 g/mol. The zero-order valence-corrected chi connectivity index (χ0v) is 19.3. The number of aliphatic hydroxyl groups is 1.